The molecule has 1 aliphatic rings. The third-order valence-corrected chi connectivity index (χ3v) is 6.54. The first-order valence-corrected chi connectivity index (χ1v) is 11.3. The molecule has 0 atom stereocenters. The zero-order valence-corrected chi connectivity index (χ0v) is 18.9. The number of benzene rings is 2. The van der Waals surface area contributed by atoms with Crippen LogP contribution in [0.15, 0.2) is 59.1 Å². The van der Waals surface area contributed by atoms with Gasteiger partial charge in [-0.3, -0.25) is 9.69 Å². The number of hydrogen-bond donors (Lipinski definition) is 0. The van der Waals surface area contributed by atoms with Gasteiger partial charge in [0.2, 0.25) is 0 Å². The van der Waals surface area contributed by atoms with Gasteiger partial charge in [0.05, 0.1) is 12.2 Å². The third-order valence-electron chi connectivity index (χ3n) is 6.54. The summed E-state index contributed by atoms with van der Waals surface area (Å²) in [4.78, 5) is 17.8. The van der Waals surface area contributed by atoms with Gasteiger partial charge in [-0.25, -0.2) is 4.39 Å². The molecule has 0 spiro atoms. The molecular weight excluding hydrogens is 419 g/mol. The topological polar surface area (TPSA) is 54.5 Å². The van der Waals surface area contributed by atoms with Crippen LogP contribution in [-0.4, -0.2) is 51.6 Å². The van der Waals surface area contributed by atoms with Gasteiger partial charge in [-0.1, -0.05) is 41.6 Å². The van der Waals surface area contributed by atoms with Gasteiger partial charge in [0.15, 0.2) is 0 Å². The maximum Gasteiger partial charge on any atom is 0.270 e. The minimum absolute atomic E-state index is 0.0143. The molecule has 170 valence electrons. The van der Waals surface area contributed by atoms with Gasteiger partial charge in [0.25, 0.3) is 5.91 Å². The zero-order valence-electron chi connectivity index (χ0n) is 18.9. The number of amides is 1. The number of hydrogen-bond acceptors (Lipinski definition) is 4. The summed E-state index contributed by atoms with van der Waals surface area (Å²) in [5.41, 5.74) is 4.14. The molecule has 0 bridgehead atoms. The molecule has 0 aliphatic carbocycles. The molecule has 5 rings (SSSR count). The Kier molecular flexibility index (Phi) is 5.72. The van der Waals surface area contributed by atoms with Crippen molar-refractivity contribution in [3.8, 4) is 0 Å². The maximum absolute atomic E-state index is 14.4. The number of piperazine rings is 1. The van der Waals surface area contributed by atoms with Crippen LogP contribution in [0, 0.1) is 19.7 Å². The lowest BCUT2D eigenvalue weighted by molar-refractivity contribution is 0.0618. The standard InChI is InChI=1S/C26H27FN4O2/c1-18-22(19(2)33-28-18)17-29-11-13-30(14-12-29)26(32)25-15-20-7-4-6-10-24(20)31(25)16-21-8-3-5-9-23(21)27/h3-10,15H,11-14,16-17H2,1-2H3. The van der Waals surface area contributed by atoms with E-state index in [1.54, 1.807) is 12.1 Å². The number of para-hydroxylation sites is 1. The van der Waals surface area contributed by atoms with Gasteiger partial charge in [-0.2, -0.15) is 0 Å². The number of halogens is 1. The van der Waals surface area contributed by atoms with Crippen molar-refractivity contribution in [1.29, 1.82) is 0 Å². The van der Waals surface area contributed by atoms with Crippen molar-refractivity contribution >= 4 is 16.8 Å². The summed E-state index contributed by atoms with van der Waals surface area (Å²) in [7, 11) is 0. The molecule has 33 heavy (non-hydrogen) atoms. The lowest BCUT2D eigenvalue weighted by atomic mass is 10.1. The van der Waals surface area contributed by atoms with E-state index in [2.05, 4.69) is 10.1 Å². The Morgan fingerprint density at radius 2 is 1.73 bits per heavy atom. The molecule has 1 fully saturated rings. The molecule has 1 saturated heterocycles. The Labute approximate surface area is 192 Å². The Morgan fingerprint density at radius 1 is 1.00 bits per heavy atom. The summed E-state index contributed by atoms with van der Waals surface area (Å²) in [5, 5.41) is 5.02. The Hall–Kier alpha value is -3.45. The van der Waals surface area contributed by atoms with E-state index < -0.39 is 0 Å². The summed E-state index contributed by atoms with van der Waals surface area (Å²) in [5.74, 6) is 0.574. The van der Waals surface area contributed by atoms with Crippen LogP contribution in [0.25, 0.3) is 10.9 Å². The minimum Gasteiger partial charge on any atom is -0.361 e. The van der Waals surface area contributed by atoms with Crippen molar-refractivity contribution in [1.82, 2.24) is 19.5 Å². The molecule has 3 heterocycles. The van der Waals surface area contributed by atoms with Crippen LogP contribution >= 0.6 is 0 Å². The fourth-order valence-electron chi connectivity index (χ4n) is 4.58. The summed E-state index contributed by atoms with van der Waals surface area (Å²) < 4.78 is 21.6. The van der Waals surface area contributed by atoms with Gasteiger partial charge >= 0.3 is 0 Å². The first-order valence-electron chi connectivity index (χ1n) is 11.3. The molecule has 0 radical (unpaired) electrons. The molecule has 2 aromatic heterocycles. The van der Waals surface area contributed by atoms with E-state index >= 15 is 0 Å². The highest BCUT2D eigenvalue weighted by Gasteiger charge is 2.26. The first kappa shape index (κ1) is 21.4. The van der Waals surface area contributed by atoms with Gasteiger partial charge in [-0.05, 0) is 32.0 Å². The van der Waals surface area contributed by atoms with Crippen LogP contribution in [0.2, 0.25) is 0 Å². The van der Waals surface area contributed by atoms with Crippen LogP contribution in [-0.2, 0) is 13.1 Å². The molecule has 0 saturated carbocycles. The van der Waals surface area contributed by atoms with Crippen LogP contribution in [0.5, 0.6) is 0 Å². The van der Waals surface area contributed by atoms with Crippen molar-refractivity contribution in [2.75, 3.05) is 26.2 Å². The van der Waals surface area contributed by atoms with E-state index in [0.29, 0.717) is 30.9 Å². The van der Waals surface area contributed by atoms with E-state index in [4.69, 9.17) is 4.52 Å². The highest BCUT2D eigenvalue weighted by molar-refractivity contribution is 5.99. The number of rotatable bonds is 5. The van der Waals surface area contributed by atoms with Gasteiger partial charge < -0.3 is 14.0 Å². The monoisotopic (exact) mass is 446 g/mol. The molecule has 2 aromatic carbocycles. The predicted octanol–water partition coefficient (Wildman–Crippen LogP) is 4.39. The molecule has 0 unspecified atom stereocenters. The third kappa shape index (κ3) is 4.16. The largest absolute Gasteiger partial charge is 0.361 e. The number of carbonyl (C=O) groups excluding carboxylic acids is 1. The molecule has 1 aliphatic heterocycles. The van der Waals surface area contributed by atoms with Crippen molar-refractivity contribution in [3.63, 3.8) is 0 Å². The fourth-order valence-corrected chi connectivity index (χ4v) is 4.58. The fraction of sp³-hybridized carbons (Fsp3) is 0.308. The molecule has 4 aromatic rings. The number of aromatic nitrogens is 2. The Bertz CT molecular complexity index is 1280. The molecule has 7 heteroatoms. The quantitative estimate of drug-likeness (QED) is 0.456. The zero-order chi connectivity index (χ0) is 22.9. The highest BCUT2D eigenvalue weighted by Crippen LogP contribution is 2.24. The number of nitrogens with zero attached hydrogens (tertiary/aromatic N) is 4. The van der Waals surface area contributed by atoms with Crippen molar-refractivity contribution in [3.05, 3.63) is 88.7 Å². The average molecular weight is 447 g/mol. The summed E-state index contributed by atoms with van der Waals surface area (Å²) in [6, 6.07) is 16.5. The SMILES string of the molecule is Cc1noc(C)c1CN1CCN(C(=O)c2cc3ccccc3n2Cc2ccccc2F)CC1. The van der Waals surface area contributed by atoms with Crippen molar-refractivity contribution < 1.29 is 13.7 Å². The van der Waals surface area contributed by atoms with E-state index in [-0.39, 0.29) is 11.7 Å². The average Bonchev–Trinajstić information content (AvgIpc) is 3.35. The van der Waals surface area contributed by atoms with Crippen LogP contribution < -0.4 is 0 Å². The number of aryl methyl sites for hydroxylation is 2. The van der Waals surface area contributed by atoms with E-state index in [0.717, 1.165) is 47.6 Å². The second kappa shape index (κ2) is 8.83. The lowest BCUT2D eigenvalue weighted by Gasteiger charge is -2.34. The van der Waals surface area contributed by atoms with Gasteiger partial charge in [0.1, 0.15) is 17.3 Å². The molecule has 0 N–H and O–H groups in total. The second-order valence-electron chi connectivity index (χ2n) is 8.64. The van der Waals surface area contributed by atoms with Crippen molar-refractivity contribution in [2.24, 2.45) is 0 Å². The summed E-state index contributed by atoms with van der Waals surface area (Å²) in [6.07, 6.45) is 0. The van der Waals surface area contributed by atoms with Gasteiger partial charge in [0, 0.05) is 54.8 Å². The Morgan fingerprint density at radius 3 is 2.45 bits per heavy atom. The lowest BCUT2D eigenvalue weighted by Crippen LogP contribution is -2.48. The predicted molar refractivity (Wildman–Crippen MR) is 125 cm³/mol. The van der Waals surface area contributed by atoms with Gasteiger partial charge in [-0.15, -0.1) is 0 Å². The van der Waals surface area contributed by atoms with E-state index in [1.807, 2.05) is 59.7 Å². The number of carbonyl (C=O) groups is 1. The first-order chi connectivity index (χ1) is 16.0. The molecular formula is C26H27FN4O2. The van der Waals surface area contributed by atoms with Crippen LogP contribution in [0.3, 0.4) is 0 Å². The molecule has 1 amide bonds. The van der Waals surface area contributed by atoms with E-state index in [1.165, 1.54) is 6.07 Å². The summed E-state index contributed by atoms with van der Waals surface area (Å²) in [6.45, 7) is 7.83. The van der Waals surface area contributed by atoms with Crippen molar-refractivity contribution in [2.45, 2.75) is 26.9 Å². The highest BCUT2D eigenvalue weighted by atomic mass is 19.1. The maximum atomic E-state index is 14.4. The second-order valence-corrected chi connectivity index (χ2v) is 8.64. The normalized spacial score (nSPS) is 14.8. The van der Waals surface area contributed by atoms with Crippen LogP contribution in [0.4, 0.5) is 4.39 Å². The smallest absolute Gasteiger partial charge is 0.270 e. The molecule has 6 nitrogen and oxygen atoms in total. The Balaban J connectivity index is 1.36. The number of fused-ring (bicyclic) bond motifs is 1. The van der Waals surface area contributed by atoms with E-state index in [9.17, 15) is 9.18 Å². The minimum atomic E-state index is -0.262. The van der Waals surface area contributed by atoms with Crippen LogP contribution in [0.1, 0.15) is 33.1 Å². The summed E-state index contributed by atoms with van der Waals surface area (Å²) >= 11 is 0.